The van der Waals surface area contributed by atoms with Crippen LogP contribution in [0.4, 0.5) is 0 Å². The lowest BCUT2D eigenvalue weighted by atomic mass is 10.3. The first kappa shape index (κ1) is 7.34. The van der Waals surface area contributed by atoms with Crippen molar-refractivity contribution < 1.29 is 4.42 Å². The summed E-state index contributed by atoms with van der Waals surface area (Å²) in [7, 11) is 0. The maximum Gasteiger partial charge on any atom is 0.219 e. The van der Waals surface area contributed by atoms with Crippen LogP contribution in [0.5, 0.6) is 0 Å². The Kier molecular flexibility index (Phi) is 3.02. The molecule has 0 amide bonds. The summed E-state index contributed by atoms with van der Waals surface area (Å²) in [6.45, 7) is 0.737. The molecule has 0 aromatic carbocycles. The van der Waals surface area contributed by atoms with Crippen LogP contribution in [0, 0.1) is 18.3 Å². The second-order valence-corrected chi connectivity index (χ2v) is 2.55. The van der Waals surface area contributed by atoms with Crippen LogP contribution in [0.15, 0.2) is 0 Å². The zero-order chi connectivity index (χ0) is 7.23. The Morgan fingerprint density at radius 2 is 2.40 bits per heavy atom. The number of carbonyl (C=O) groups excluding carboxylic acids is 1. The van der Waals surface area contributed by atoms with Gasteiger partial charge >= 0.3 is 0 Å². The highest BCUT2D eigenvalue weighted by atomic mass is 16.4. The molecule has 0 radical (unpaired) electrons. The van der Waals surface area contributed by atoms with Crippen molar-refractivity contribution in [2.45, 2.75) is 25.7 Å². The minimum atomic E-state index is 0.630. The molecule has 0 N–H and O–H groups in total. The Hall–Kier alpha value is -0.770. The molecule has 0 aliphatic heterocycles. The molecular weight excluding hydrogens is 124 g/mol. The predicted octanol–water partition coefficient (Wildman–Crippen LogP) is 1.46. The van der Waals surface area contributed by atoms with Crippen molar-refractivity contribution in [2.75, 3.05) is 6.61 Å². The van der Waals surface area contributed by atoms with Crippen molar-refractivity contribution in [1.82, 2.24) is 0 Å². The van der Waals surface area contributed by atoms with E-state index < -0.39 is 0 Å². The molecule has 0 bridgehead atoms. The predicted molar refractivity (Wildman–Crippen MR) is 41.4 cm³/mol. The Morgan fingerprint density at radius 1 is 1.60 bits per heavy atom. The van der Waals surface area contributed by atoms with Crippen LogP contribution in [-0.4, -0.2) is 12.9 Å². The quantitative estimate of drug-likeness (QED) is 0.240. The smallest absolute Gasteiger partial charge is 0.219 e. The van der Waals surface area contributed by atoms with E-state index in [1.165, 1.54) is 12.8 Å². The summed E-state index contributed by atoms with van der Waals surface area (Å²) in [6.07, 6.45) is 12.3. The Labute approximate surface area is 62.1 Å². The maximum absolute atomic E-state index is 5.11. The molecule has 1 heteroatoms. The van der Waals surface area contributed by atoms with Crippen molar-refractivity contribution in [1.29, 1.82) is 0 Å². The molecule has 0 unspecified atom stereocenters. The Bertz CT molecular complexity index is 149. The molecule has 1 fully saturated rings. The van der Waals surface area contributed by atoms with E-state index in [0.717, 1.165) is 19.4 Å². The molecule has 1 aliphatic rings. The van der Waals surface area contributed by atoms with Crippen LogP contribution in [0.3, 0.4) is 0 Å². The van der Waals surface area contributed by atoms with Gasteiger partial charge in [-0.05, 0) is 6.29 Å². The third kappa shape index (κ3) is 3.29. The fraction of sp³-hybridized carbons (Fsp3) is 0.667. The van der Waals surface area contributed by atoms with Crippen LogP contribution in [-0.2, 0) is 4.42 Å². The van der Waals surface area contributed by atoms with Crippen molar-refractivity contribution in [3.8, 4) is 12.3 Å². The van der Waals surface area contributed by atoms with Crippen molar-refractivity contribution in [2.24, 2.45) is 5.92 Å². The molecule has 54 valence electrons. The van der Waals surface area contributed by atoms with Crippen molar-refractivity contribution >= 4 is 6.29 Å². The second-order valence-electron chi connectivity index (χ2n) is 2.55. The largest absolute Gasteiger partial charge is 0.456 e. The molecular formula is C9H12O. The zero-order valence-electron chi connectivity index (χ0n) is 6.10. The topological polar surface area (TPSA) is 11.3 Å². The summed E-state index contributed by atoms with van der Waals surface area (Å²) >= 11 is 0. The summed E-state index contributed by atoms with van der Waals surface area (Å²) in [4.78, 5) is 0. The summed E-state index contributed by atoms with van der Waals surface area (Å²) in [5.74, 6) is 3.19. The molecule has 0 atom stereocenters. The molecule has 1 aliphatic carbocycles. The summed E-state index contributed by atoms with van der Waals surface area (Å²) < 4.78 is 5.11. The highest BCUT2D eigenvalue weighted by molar-refractivity contribution is 5.58. The summed E-state index contributed by atoms with van der Waals surface area (Å²) in [5.41, 5.74) is 0. The average Bonchev–Trinajstić information content (AvgIpc) is 2.71. The Morgan fingerprint density at radius 3 is 3.00 bits per heavy atom. The van der Waals surface area contributed by atoms with E-state index in [9.17, 15) is 0 Å². The Balaban J connectivity index is 1.89. The van der Waals surface area contributed by atoms with E-state index in [1.54, 1.807) is 0 Å². The van der Waals surface area contributed by atoms with Crippen LogP contribution in [0.1, 0.15) is 25.7 Å². The fourth-order valence-corrected chi connectivity index (χ4v) is 0.624. The molecule has 1 nitrogen and oxygen atoms in total. The molecule has 1 saturated carbocycles. The third-order valence-electron chi connectivity index (χ3n) is 1.39. The van der Waals surface area contributed by atoms with Crippen LogP contribution >= 0.6 is 0 Å². The van der Waals surface area contributed by atoms with E-state index in [2.05, 4.69) is 12.2 Å². The van der Waals surface area contributed by atoms with Crippen LogP contribution in [0.25, 0.3) is 0 Å². The molecule has 0 aromatic rings. The minimum absolute atomic E-state index is 0.630. The number of rotatable bonds is 4. The number of hydrogen-bond acceptors (Lipinski definition) is 0. The highest BCUT2D eigenvalue weighted by Crippen LogP contribution is 2.25. The first-order valence-electron chi connectivity index (χ1n) is 3.74. The zero-order valence-corrected chi connectivity index (χ0v) is 6.10. The fourth-order valence-electron chi connectivity index (χ4n) is 0.624. The van der Waals surface area contributed by atoms with Gasteiger partial charge in [0.15, 0.2) is 0 Å². The standard InChI is InChI=1S/C9H12O/c1-2-3-4-7-10-8-9-5-6-9/h1,9H,3-7H2. The van der Waals surface area contributed by atoms with Gasteiger partial charge < -0.3 is 4.42 Å². The van der Waals surface area contributed by atoms with Crippen LogP contribution < -0.4 is 0 Å². The van der Waals surface area contributed by atoms with Crippen molar-refractivity contribution in [3.05, 3.63) is 0 Å². The van der Waals surface area contributed by atoms with Gasteiger partial charge in [0.05, 0.1) is 0 Å². The normalized spacial score (nSPS) is 17.5. The van der Waals surface area contributed by atoms with Crippen LogP contribution in [0.2, 0.25) is 0 Å². The lowest BCUT2D eigenvalue weighted by Gasteiger charge is -1.86. The third-order valence-corrected chi connectivity index (χ3v) is 1.39. The molecule has 1 rings (SSSR count). The van der Waals surface area contributed by atoms with E-state index in [-0.39, 0.29) is 0 Å². The average molecular weight is 136 g/mol. The SMILES string of the molecule is C#CCCC[O+]=[C-]C1CC1. The number of terminal acetylenes is 1. The summed E-state index contributed by atoms with van der Waals surface area (Å²) in [6, 6.07) is 0. The van der Waals surface area contributed by atoms with E-state index >= 15 is 0 Å². The monoisotopic (exact) mass is 136 g/mol. The van der Waals surface area contributed by atoms with Gasteiger partial charge in [-0.25, -0.2) is 0 Å². The first-order chi connectivity index (χ1) is 4.93. The highest BCUT2D eigenvalue weighted by Gasteiger charge is 2.13. The molecule has 0 spiro atoms. The maximum atomic E-state index is 5.11. The van der Waals surface area contributed by atoms with Gasteiger partial charge in [0, 0.05) is 12.8 Å². The number of hydrogen-bond donors (Lipinski definition) is 0. The van der Waals surface area contributed by atoms with Gasteiger partial charge in [-0.3, -0.25) is 0 Å². The van der Waals surface area contributed by atoms with Gasteiger partial charge in [0.2, 0.25) is 6.61 Å². The first-order valence-corrected chi connectivity index (χ1v) is 3.74. The van der Waals surface area contributed by atoms with E-state index in [0.29, 0.717) is 5.92 Å². The second kappa shape index (κ2) is 4.11. The summed E-state index contributed by atoms with van der Waals surface area (Å²) in [5, 5.41) is 0. The molecule has 0 aromatic heterocycles. The van der Waals surface area contributed by atoms with Gasteiger partial charge in [-0.2, -0.15) is 0 Å². The molecule has 0 saturated heterocycles. The lowest BCUT2D eigenvalue weighted by Crippen LogP contribution is -1.87. The van der Waals surface area contributed by atoms with Gasteiger partial charge in [0.1, 0.15) is 0 Å². The van der Waals surface area contributed by atoms with Gasteiger partial charge in [-0.15, -0.1) is 12.3 Å². The lowest BCUT2D eigenvalue weighted by molar-refractivity contribution is 0.103. The van der Waals surface area contributed by atoms with Gasteiger partial charge in [-0.1, -0.05) is 18.8 Å². The molecule has 0 heterocycles. The van der Waals surface area contributed by atoms with Gasteiger partial charge in [0.25, 0.3) is 0 Å². The van der Waals surface area contributed by atoms with E-state index in [1.807, 2.05) is 0 Å². The minimum Gasteiger partial charge on any atom is -0.456 e. The van der Waals surface area contributed by atoms with Crippen molar-refractivity contribution in [3.63, 3.8) is 0 Å². The number of unbranched alkanes of at least 4 members (excludes halogenated alkanes) is 1. The molecule has 10 heavy (non-hydrogen) atoms. The van der Waals surface area contributed by atoms with E-state index in [4.69, 9.17) is 10.8 Å².